The molecule has 1 heterocycles. The van der Waals surface area contributed by atoms with Crippen LogP contribution in [0.3, 0.4) is 0 Å². The van der Waals surface area contributed by atoms with Gasteiger partial charge >= 0.3 is 0 Å². The molecule has 9 heteroatoms. The Morgan fingerprint density at radius 2 is 2.06 bits per heavy atom. The van der Waals surface area contributed by atoms with Gasteiger partial charge < -0.3 is 10.1 Å². The maximum Gasteiger partial charge on any atom is 0.234 e. The Bertz CT molecular complexity index is 1060. The van der Waals surface area contributed by atoms with E-state index >= 15 is 0 Å². The molecule has 0 unspecified atom stereocenters. The predicted octanol–water partition coefficient (Wildman–Crippen LogP) is 5.13. The van der Waals surface area contributed by atoms with E-state index in [1.807, 2.05) is 28.8 Å². The van der Waals surface area contributed by atoms with Gasteiger partial charge in [0.25, 0.3) is 0 Å². The molecule has 0 radical (unpaired) electrons. The molecule has 1 N–H and O–H groups in total. The van der Waals surface area contributed by atoms with Crippen LogP contribution in [-0.2, 0) is 24.4 Å². The molecule has 0 spiro atoms. The first kappa shape index (κ1) is 22.8. The van der Waals surface area contributed by atoms with Gasteiger partial charge in [0.05, 0.1) is 10.8 Å². The van der Waals surface area contributed by atoms with Gasteiger partial charge in [-0.05, 0) is 36.2 Å². The summed E-state index contributed by atoms with van der Waals surface area (Å²) >= 11 is 7.05. The molecule has 31 heavy (non-hydrogen) atoms. The van der Waals surface area contributed by atoms with Crippen LogP contribution in [0.2, 0.25) is 5.02 Å². The summed E-state index contributed by atoms with van der Waals surface area (Å²) in [4.78, 5) is 12.3. The van der Waals surface area contributed by atoms with Gasteiger partial charge in [0.15, 0.2) is 11.0 Å². The molecule has 0 saturated heterocycles. The number of nitrogens with one attached hydrogen (secondary N) is 1. The lowest BCUT2D eigenvalue weighted by Gasteiger charge is -2.10. The van der Waals surface area contributed by atoms with Crippen molar-refractivity contribution in [3.8, 4) is 5.75 Å². The summed E-state index contributed by atoms with van der Waals surface area (Å²) in [5.41, 5.74) is 1.96. The van der Waals surface area contributed by atoms with Crippen LogP contribution in [0.4, 0.5) is 10.1 Å². The molecule has 0 fully saturated rings. The van der Waals surface area contributed by atoms with Crippen LogP contribution in [0.5, 0.6) is 5.75 Å². The quantitative estimate of drug-likeness (QED) is 0.335. The number of amides is 1. The number of rotatable bonds is 10. The third-order valence-electron chi connectivity index (χ3n) is 4.34. The second kappa shape index (κ2) is 11.0. The second-order valence-corrected chi connectivity index (χ2v) is 7.90. The Kier molecular flexibility index (Phi) is 8.08. The molecule has 3 aromatic rings. The van der Waals surface area contributed by atoms with Crippen LogP contribution < -0.4 is 10.1 Å². The molecule has 0 bridgehead atoms. The highest BCUT2D eigenvalue weighted by molar-refractivity contribution is 7.99. The van der Waals surface area contributed by atoms with Crippen molar-refractivity contribution >= 4 is 35.0 Å². The fourth-order valence-corrected chi connectivity index (χ4v) is 3.65. The molecular formula is C22H22ClFN4O2S. The first-order valence-corrected chi connectivity index (χ1v) is 11.0. The Hall–Kier alpha value is -2.84. The van der Waals surface area contributed by atoms with Gasteiger partial charge in [-0.25, -0.2) is 4.39 Å². The van der Waals surface area contributed by atoms with Crippen LogP contribution in [-0.4, -0.2) is 26.4 Å². The first-order valence-electron chi connectivity index (χ1n) is 9.62. The van der Waals surface area contributed by atoms with E-state index in [2.05, 4.69) is 29.0 Å². The number of halogens is 2. The lowest BCUT2D eigenvalue weighted by Crippen LogP contribution is -2.15. The van der Waals surface area contributed by atoms with E-state index in [0.29, 0.717) is 23.3 Å². The predicted molar refractivity (Wildman–Crippen MR) is 121 cm³/mol. The van der Waals surface area contributed by atoms with Crippen molar-refractivity contribution in [2.45, 2.75) is 31.7 Å². The molecule has 162 valence electrons. The molecule has 0 aliphatic rings. The zero-order valence-electron chi connectivity index (χ0n) is 17.0. The van der Waals surface area contributed by atoms with Crippen molar-refractivity contribution in [1.82, 2.24) is 14.8 Å². The van der Waals surface area contributed by atoms with E-state index in [1.165, 1.54) is 35.5 Å². The minimum Gasteiger partial charge on any atom is -0.486 e. The summed E-state index contributed by atoms with van der Waals surface area (Å²) in [6.45, 7) is 6.41. The molecule has 1 aromatic heterocycles. The van der Waals surface area contributed by atoms with Crippen molar-refractivity contribution < 1.29 is 13.9 Å². The third kappa shape index (κ3) is 6.32. The van der Waals surface area contributed by atoms with Crippen LogP contribution in [0.15, 0.2) is 60.3 Å². The number of allylic oxidation sites excluding steroid dienone is 1. The van der Waals surface area contributed by atoms with Crippen molar-refractivity contribution in [1.29, 1.82) is 0 Å². The van der Waals surface area contributed by atoms with Gasteiger partial charge in [-0.2, -0.15) is 0 Å². The Morgan fingerprint density at radius 3 is 2.74 bits per heavy atom. The largest absolute Gasteiger partial charge is 0.486 e. The van der Waals surface area contributed by atoms with Crippen LogP contribution in [0, 0.1) is 5.82 Å². The van der Waals surface area contributed by atoms with E-state index in [0.717, 1.165) is 12.1 Å². The molecule has 6 nitrogen and oxygen atoms in total. The highest BCUT2D eigenvalue weighted by Crippen LogP contribution is 2.23. The summed E-state index contributed by atoms with van der Waals surface area (Å²) in [6, 6.07) is 11.9. The number of nitrogens with zero attached hydrogens (tertiary/aromatic N) is 3. The zero-order valence-corrected chi connectivity index (χ0v) is 18.5. The summed E-state index contributed by atoms with van der Waals surface area (Å²) in [5.74, 6) is 0.503. The number of hydrogen-bond acceptors (Lipinski definition) is 5. The Morgan fingerprint density at radius 1 is 1.29 bits per heavy atom. The fraction of sp³-hybridized carbons (Fsp3) is 0.227. The van der Waals surface area contributed by atoms with Gasteiger partial charge in [0.1, 0.15) is 18.2 Å². The standard InChI is InChI=1S/C22H22ClFN4O2S/c1-3-11-28-20(13-30-17-9-10-19(24)18(23)12-17)26-27-22(28)31-14-21(29)25-16-7-5-15(4-2)6-8-16/h3,5-10,12H,1,4,11,13-14H2,2H3,(H,25,29). The number of carbonyl (C=O) groups is 1. The summed E-state index contributed by atoms with van der Waals surface area (Å²) in [5, 5.41) is 11.7. The Labute approximate surface area is 189 Å². The lowest BCUT2D eigenvalue weighted by atomic mass is 10.1. The van der Waals surface area contributed by atoms with Crippen molar-refractivity contribution in [3.63, 3.8) is 0 Å². The highest BCUT2D eigenvalue weighted by atomic mass is 35.5. The SMILES string of the molecule is C=CCn1c(COc2ccc(F)c(Cl)c2)nnc1SCC(=O)Nc1ccc(CC)cc1. The number of carbonyl (C=O) groups excluding carboxylic acids is 1. The highest BCUT2D eigenvalue weighted by Gasteiger charge is 2.14. The molecule has 3 rings (SSSR count). The maximum absolute atomic E-state index is 13.3. The molecule has 0 aliphatic carbocycles. The van der Waals surface area contributed by atoms with Gasteiger partial charge in [0.2, 0.25) is 5.91 Å². The van der Waals surface area contributed by atoms with Gasteiger partial charge in [-0.3, -0.25) is 9.36 Å². The summed E-state index contributed by atoms with van der Waals surface area (Å²) in [7, 11) is 0. The number of aryl methyl sites for hydroxylation is 1. The zero-order chi connectivity index (χ0) is 22.2. The van der Waals surface area contributed by atoms with Crippen molar-refractivity contribution in [3.05, 3.63) is 77.3 Å². The number of benzene rings is 2. The lowest BCUT2D eigenvalue weighted by molar-refractivity contribution is -0.113. The average Bonchev–Trinajstić information content (AvgIpc) is 3.15. The van der Waals surface area contributed by atoms with Crippen molar-refractivity contribution in [2.75, 3.05) is 11.1 Å². The molecule has 0 saturated carbocycles. The van der Waals surface area contributed by atoms with Gasteiger partial charge in [0, 0.05) is 18.3 Å². The number of hydrogen-bond donors (Lipinski definition) is 1. The first-order chi connectivity index (χ1) is 15.0. The minimum atomic E-state index is -0.512. The molecule has 0 aliphatic heterocycles. The van der Waals surface area contributed by atoms with Crippen LogP contribution >= 0.6 is 23.4 Å². The molecule has 2 aromatic carbocycles. The van der Waals surface area contributed by atoms with Gasteiger partial charge in [-0.1, -0.05) is 48.5 Å². The third-order valence-corrected chi connectivity index (χ3v) is 5.60. The van der Waals surface area contributed by atoms with Crippen molar-refractivity contribution in [2.24, 2.45) is 0 Å². The van der Waals surface area contributed by atoms with E-state index in [4.69, 9.17) is 16.3 Å². The van der Waals surface area contributed by atoms with E-state index < -0.39 is 5.82 Å². The molecule has 0 atom stereocenters. The number of aromatic nitrogens is 3. The van der Waals surface area contributed by atoms with Gasteiger partial charge in [-0.15, -0.1) is 16.8 Å². The number of anilines is 1. The second-order valence-electron chi connectivity index (χ2n) is 6.55. The number of thioether (sulfide) groups is 1. The Balaban J connectivity index is 1.60. The minimum absolute atomic E-state index is 0.0170. The van der Waals surface area contributed by atoms with Crippen LogP contribution in [0.1, 0.15) is 18.3 Å². The normalized spacial score (nSPS) is 10.7. The smallest absolute Gasteiger partial charge is 0.234 e. The summed E-state index contributed by atoms with van der Waals surface area (Å²) in [6.07, 6.45) is 2.66. The maximum atomic E-state index is 13.3. The number of ether oxygens (including phenoxy) is 1. The van der Waals surface area contributed by atoms with E-state index in [1.54, 1.807) is 6.08 Å². The molecule has 1 amide bonds. The summed E-state index contributed by atoms with van der Waals surface area (Å²) < 4.78 is 20.8. The topological polar surface area (TPSA) is 69.0 Å². The average molecular weight is 461 g/mol. The molecular weight excluding hydrogens is 439 g/mol. The monoisotopic (exact) mass is 460 g/mol. The van der Waals surface area contributed by atoms with E-state index in [9.17, 15) is 9.18 Å². The van der Waals surface area contributed by atoms with E-state index in [-0.39, 0.29) is 23.3 Å². The van der Waals surface area contributed by atoms with Crippen LogP contribution in [0.25, 0.3) is 0 Å². The fourth-order valence-electron chi connectivity index (χ4n) is 2.71.